The molecule has 1 aromatic carbocycles. The Hall–Kier alpha value is -1.55. The van der Waals surface area contributed by atoms with Gasteiger partial charge in [-0.1, -0.05) is 12.1 Å². The number of phenols is 1. The minimum atomic E-state index is -0.758. The molecule has 1 aromatic rings. The van der Waals surface area contributed by atoms with Crippen molar-refractivity contribution in [2.45, 2.75) is 31.8 Å². The van der Waals surface area contributed by atoms with Gasteiger partial charge in [-0.25, -0.2) is 0 Å². The number of aliphatic carboxylic acids is 1. The van der Waals surface area contributed by atoms with E-state index in [1.54, 1.807) is 12.1 Å². The number of phenolic OH excluding ortho intramolecular Hbond substituents is 1. The molecule has 1 saturated carbocycles. The summed E-state index contributed by atoms with van der Waals surface area (Å²) in [6.45, 7) is 1.29. The standard InChI is InChI=1S/C13H17NO3/c15-12-3-1-2-10(8-12)9-14(11-4-5-11)7-6-13(16)17/h1-3,8,11,15H,4-7,9H2,(H,16,17). The van der Waals surface area contributed by atoms with Crippen molar-refractivity contribution in [2.24, 2.45) is 0 Å². The molecule has 2 N–H and O–H groups in total. The number of hydrogen-bond donors (Lipinski definition) is 2. The number of rotatable bonds is 6. The molecule has 4 heteroatoms. The second-order valence-electron chi connectivity index (χ2n) is 4.52. The molecule has 0 radical (unpaired) electrons. The van der Waals surface area contributed by atoms with Crippen LogP contribution in [0.15, 0.2) is 24.3 Å². The quantitative estimate of drug-likeness (QED) is 0.789. The van der Waals surface area contributed by atoms with E-state index in [1.165, 1.54) is 0 Å². The molecule has 4 nitrogen and oxygen atoms in total. The van der Waals surface area contributed by atoms with E-state index < -0.39 is 5.97 Å². The maximum absolute atomic E-state index is 10.6. The monoisotopic (exact) mass is 235 g/mol. The van der Waals surface area contributed by atoms with Gasteiger partial charge in [0.15, 0.2) is 0 Å². The van der Waals surface area contributed by atoms with E-state index in [2.05, 4.69) is 4.90 Å². The molecule has 0 unspecified atom stereocenters. The largest absolute Gasteiger partial charge is 0.508 e. The summed E-state index contributed by atoms with van der Waals surface area (Å²) in [4.78, 5) is 12.8. The minimum absolute atomic E-state index is 0.176. The number of nitrogens with zero attached hydrogens (tertiary/aromatic N) is 1. The van der Waals surface area contributed by atoms with Crippen molar-refractivity contribution in [1.82, 2.24) is 4.90 Å². The van der Waals surface area contributed by atoms with Crippen molar-refractivity contribution in [3.63, 3.8) is 0 Å². The van der Waals surface area contributed by atoms with Crippen molar-refractivity contribution >= 4 is 5.97 Å². The van der Waals surface area contributed by atoms with Crippen LogP contribution < -0.4 is 0 Å². The van der Waals surface area contributed by atoms with Gasteiger partial charge in [0.1, 0.15) is 5.75 Å². The third kappa shape index (κ3) is 3.75. The second-order valence-corrected chi connectivity index (χ2v) is 4.52. The Labute approximate surface area is 100 Å². The summed E-state index contributed by atoms with van der Waals surface area (Å²) in [6.07, 6.45) is 2.48. The summed E-state index contributed by atoms with van der Waals surface area (Å²) in [5.41, 5.74) is 1.03. The van der Waals surface area contributed by atoms with Crippen molar-refractivity contribution in [2.75, 3.05) is 6.54 Å². The van der Waals surface area contributed by atoms with Crippen LogP contribution in [-0.2, 0) is 11.3 Å². The lowest BCUT2D eigenvalue weighted by Gasteiger charge is -2.21. The number of aromatic hydroxyl groups is 1. The van der Waals surface area contributed by atoms with Gasteiger partial charge in [-0.05, 0) is 30.5 Å². The van der Waals surface area contributed by atoms with E-state index >= 15 is 0 Å². The summed E-state index contributed by atoms with van der Waals surface area (Å²) in [7, 11) is 0. The lowest BCUT2D eigenvalue weighted by atomic mass is 10.2. The SMILES string of the molecule is O=C(O)CCN(Cc1cccc(O)c1)C1CC1. The van der Waals surface area contributed by atoms with Crippen LogP contribution in [0, 0.1) is 0 Å². The number of carbonyl (C=O) groups is 1. The number of hydrogen-bond acceptors (Lipinski definition) is 3. The molecule has 0 aliphatic heterocycles. The van der Waals surface area contributed by atoms with Crippen LogP contribution in [0.25, 0.3) is 0 Å². The van der Waals surface area contributed by atoms with E-state index in [0.717, 1.165) is 18.4 Å². The van der Waals surface area contributed by atoms with Crippen molar-refractivity contribution in [1.29, 1.82) is 0 Å². The number of carboxylic acid groups (broad SMARTS) is 1. The Morgan fingerprint density at radius 2 is 2.18 bits per heavy atom. The minimum Gasteiger partial charge on any atom is -0.508 e. The van der Waals surface area contributed by atoms with E-state index in [4.69, 9.17) is 5.11 Å². The zero-order chi connectivity index (χ0) is 12.3. The third-order valence-electron chi connectivity index (χ3n) is 2.97. The van der Waals surface area contributed by atoms with Gasteiger partial charge in [-0.3, -0.25) is 9.69 Å². The summed E-state index contributed by atoms with van der Waals surface area (Å²) in [6, 6.07) is 7.66. The van der Waals surface area contributed by atoms with Gasteiger partial charge < -0.3 is 10.2 Å². The molecule has 0 spiro atoms. The molecular formula is C13H17NO3. The molecule has 0 atom stereocenters. The summed E-state index contributed by atoms with van der Waals surface area (Å²) >= 11 is 0. The van der Waals surface area contributed by atoms with Crippen molar-refractivity contribution in [3.8, 4) is 5.75 Å². The van der Waals surface area contributed by atoms with Crippen LogP contribution in [0.2, 0.25) is 0 Å². The first-order valence-electron chi connectivity index (χ1n) is 5.89. The zero-order valence-electron chi connectivity index (χ0n) is 9.67. The van der Waals surface area contributed by atoms with Crippen LogP contribution >= 0.6 is 0 Å². The van der Waals surface area contributed by atoms with Crippen LogP contribution in [0.4, 0.5) is 0 Å². The first-order chi connectivity index (χ1) is 8.15. The maximum atomic E-state index is 10.6. The lowest BCUT2D eigenvalue weighted by Crippen LogP contribution is -2.28. The first-order valence-corrected chi connectivity index (χ1v) is 5.89. The summed E-state index contributed by atoms with van der Waals surface area (Å²) in [5, 5.41) is 18.1. The van der Waals surface area contributed by atoms with Gasteiger partial charge in [0.2, 0.25) is 0 Å². The van der Waals surface area contributed by atoms with Crippen LogP contribution in [-0.4, -0.2) is 33.7 Å². The Morgan fingerprint density at radius 3 is 2.76 bits per heavy atom. The van der Waals surface area contributed by atoms with E-state index in [9.17, 15) is 9.90 Å². The Balaban J connectivity index is 1.95. The van der Waals surface area contributed by atoms with E-state index in [0.29, 0.717) is 19.1 Å². The predicted molar refractivity (Wildman–Crippen MR) is 63.8 cm³/mol. The summed E-state index contributed by atoms with van der Waals surface area (Å²) < 4.78 is 0. The highest BCUT2D eigenvalue weighted by Crippen LogP contribution is 2.28. The maximum Gasteiger partial charge on any atom is 0.304 e. The molecule has 2 rings (SSSR count). The van der Waals surface area contributed by atoms with Gasteiger partial charge in [-0.2, -0.15) is 0 Å². The molecule has 0 aromatic heterocycles. The highest BCUT2D eigenvalue weighted by molar-refractivity contribution is 5.66. The van der Waals surface area contributed by atoms with E-state index in [1.807, 2.05) is 12.1 Å². The number of carboxylic acids is 1. The van der Waals surface area contributed by atoms with Gasteiger partial charge in [0, 0.05) is 19.1 Å². The molecule has 1 fully saturated rings. The molecule has 17 heavy (non-hydrogen) atoms. The van der Waals surface area contributed by atoms with Crippen LogP contribution in [0.1, 0.15) is 24.8 Å². The fourth-order valence-electron chi connectivity index (χ4n) is 1.96. The average molecular weight is 235 g/mol. The zero-order valence-corrected chi connectivity index (χ0v) is 9.67. The Kier molecular flexibility index (Phi) is 3.64. The molecule has 0 heterocycles. The summed E-state index contributed by atoms with van der Waals surface area (Å²) in [5.74, 6) is -0.497. The molecular weight excluding hydrogens is 218 g/mol. The lowest BCUT2D eigenvalue weighted by molar-refractivity contribution is -0.137. The van der Waals surface area contributed by atoms with Gasteiger partial charge in [-0.15, -0.1) is 0 Å². The normalized spacial score (nSPS) is 15.1. The predicted octanol–water partition coefficient (Wildman–Crippen LogP) is 1.83. The average Bonchev–Trinajstić information content (AvgIpc) is 3.07. The van der Waals surface area contributed by atoms with Crippen LogP contribution in [0.5, 0.6) is 5.75 Å². The fraction of sp³-hybridized carbons (Fsp3) is 0.462. The molecule has 1 aliphatic rings. The van der Waals surface area contributed by atoms with Gasteiger partial charge in [0.25, 0.3) is 0 Å². The molecule has 0 saturated heterocycles. The van der Waals surface area contributed by atoms with Gasteiger partial charge in [0.05, 0.1) is 6.42 Å². The molecule has 0 amide bonds. The first kappa shape index (κ1) is 11.9. The topological polar surface area (TPSA) is 60.8 Å². The van der Waals surface area contributed by atoms with Crippen LogP contribution in [0.3, 0.4) is 0 Å². The van der Waals surface area contributed by atoms with Gasteiger partial charge >= 0.3 is 5.97 Å². The second kappa shape index (κ2) is 5.19. The fourth-order valence-corrected chi connectivity index (χ4v) is 1.96. The van der Waals surface area contributed by atoms with Crippen molar-refractivity contribution in [3.05, 3.63) is 29.8 Å². The third-order valence-corrected chi connectivity index (χ3v) is 2.97. The Bertz CT molecular complexity index is 401. The number of benzene rings is 1. The smallest absolute Gasteiger partial charge is 0.304 e. The molecule has 1 aliphatic carbocycles. The molecule has 92 valence electrons. The molecule has 0 bridgehead atoms. The highest BCUT2D eigenvalue weighted by atomic mass is 16.4. The Morgan fingerprint density at radius 1 is 1.41 bits per heavy atom. The van der Waals surface area contributed by atoms with E-state index in [-0.39, 0.29) is 12.2 Å². The highest BCUT2D eigenvalue weighted by Gasteiger charge is 2.28. The van der Waals surface area contributed by atoms with Crippen molar-refractivity contribution < 1.29 is 15.0 Å².